The van der Waals surface area contributed by atoms with Crippen molar-refractivity contribution in [3.05, 3.63) is 82.2 Å². The van der Waals surface area contributed by atoms with Gasteiger partial charge in [0.1, 0.15) is 0 Å². The molecule has 0 saturated carbocycles. The number of carbonyl (C=O) groups is 2. The number of urea groups is 1. The SMILES string of the molecule is CCc1ccccc1NC(=O)N/N=C/c1cc(C)n(-c2ccc(C(=O)OC)cc2C)c1C. The summed E-state index contributed by atoms with van der Waals surface area (Å²) in [5.41, 5.74) is 9.65. The number of anilines is 1. The van der Waals surface area contributed by atoms with Gasteiger partial charge < -0.3 is 14.6 Å². The molecule has 166 valence electrons. The number of rotatable bonds is 6. The number of para-hydroxylation sites is 1. The Labute approximate surface area is 188 Å². The summed E-state index contributed by atoms with van der Waals surface area (Å²) in [6.07, 6.45) is 2.45. The lowest BCUT2D eigenvalue weighted by molar-refractivity contribution is 0.0600. The van der Waals surface area contributed by atoms with Crippen LogP contribution < -0.4 is 10.7 Å². The number of carbonyl (C=O) groups excluding carboxylic acids is 2. The molecule has 2 amide bonds. The first-order valence-electron chi connectivity index (χ1n) is 10.4. The smallest absolute Gasteiger partial charge is 0.339 e. The molecule has 0 bridgehead atoms. The summed E-state index contributed by atoms with van der Waals surface area (Å²) in [7, 11) is 1.37. The maximum absolute atomic E-state index is 12.2. The molecule has 3 aromatic rings. The molecule has 32 heavy (non-hydrogen) atoms. The van der Waals surface area contributed by atoms with Crippen LogP contribution in [-0.4, -0.2) is 29.9 Å². The highest BCUT2D eigenvalue weighted by molar-refractivity contribution is 5.91. The van der Waals surface area contributed by atoms with E-state index in [4.69, 9.17) is 4.74 Å². The van der Waals surface area contributed by atoms with E-state index >= 15 is 0 Å². The minimum absolute atomic E-state index is 0.362. The lowest BCUT2D eigenvalue weighted by Gasteiger charge is -2.13. The van der Waals surface area contributed by atoms with E-state index in [0.29, 0.717) is 5.56 Å². The Morgan fingerprint density at radius 3 is 2.53 bits per heavy atom. The summed E-state index contributed by atoms with van der Waals surface area (Å²) >= 11 is 0. The van der Waals surface area contributed by atoms with Crippen LogP contribution >= 0.6 is 0 Å². The van der Waals surface area contributed by atoms with Crippen LogP contribution in [0.4, 0.5) is 10.5 Å². The molecule has 1 heterocycles. The number of ether oxygens (including phenoxy) is 1. The van der Waals surface area contributed by atoms with Crippen molar-refractivity contribution in [3.63, 3.8) is 0 Å². The van der Waals surface area contributed by atoms with Crippen LogP contribution in [-0.2, 0) is 11.2 Å². The number of hydrazone groups is 1. The third-order valence-electron chi connectivity index (χ3n) is 5.35. The Bertz CT molecular complexity index is 1180. The molecule has 0 fully saturated rings. The van der Waals surface area contributed by atoms with Crippen LogP contribution in [0.3, 0.4) is 0 Å². The van der Waals surface area contributed by atoms with Gasteiger partial charge in [0.2, 0.25) is 0 Å². The minimum Gasteiger partial charge on any atom is -0.465 e. The zero-order valence-corrected chi connectivity index (χ0v) is 19.0. The topological polar surface area (TPSA) is 84.7 Å². The van der Waals surface area contributed by atoms with E-state index in [2.05, 4.69) is 20.4 Å². The number of nitrogens with zero attached hydrogens (tertiary/aromatic N) is 2. The van der Waals surface area contributed by atoms with Gasteiger partial charge in [-0.05, 0) is 68.7 Å². The van der Waals surface area contributed by atoms with Crippen LogP contribution in [0.15, 0.2) is 53.6 Å². The fraction of sp³-hybridized carbons (Fsp3) is 0.240. The number of benzene rings is 2. The molecule has 0 aliphatic heterocycles. The molecule has 7 heteroatoms. The molecule has 3 rings (SSSR count). The lowest BCUT2D eigenvalue weighted by atomic mass is 10.1. The number of hydrogen-bond donors (Lipinski definition) is 2. The molecule has 0 unspecified atom stereocenters. The Balaban J connectivity index is 1.76. The normalized spacial score (nSPS) is 10.9. The molecular formula is C25H28N4O3. The Morgan fingerprint density at radius 1 is 1.09 bits per heavy atom. The highest BCUT2D eigenvalue weighted by Crippen LogP contribution is 2.23. The lowest BCUT2D eigenvalue weighted by Crippen LogP contribution is -2.24. The molecule has 0 spiro atoms. The van der Waals surface area contributed by atoms with E-state index in [1.807, 2.05) is 70.2 Å². The van der Waals surface area contributed by atoms with Gasteiger partial charge >= 0.3 is 12.0 Å². The number of aromatic nitrogens is 1. The minimum atomic E-state index is -0.398. The highest BCUT2D eigenvalue weighted by atomic mass is 16.5. The van der Waals surface area contributed by atoms with Gasteiger partial charge in [-0.25, -0.2) is 15.0 Å². The fourth-order valence-corrected chi connectivity index (χ4v) is 3.70. The van der Waals surface area contributed by atoms with Gasteiger partial charge in [-0.15, -0.1) is 0 Å². The number of amides is 2. The van der Waals surface area contributed by atoms with Crippen molar-refractivity contribution in [1.82, 2.24) is 9.99 Å². The third kappa shape index (κ3) is 4.88. The molecular weight excluding hydrogens is 404 g/mol. The van der Waals surface area contributed by atoms with Crippen LogP contribution in [0.25, 0.3) is 5.69 Å². The molecule has 2 aromatic carbocycles. The van der Waals surface area contributed by atoms with Crippen LogP contribution in [0.5, 0.6) is 0 Å². The summed E-state index contributed by atoms with van der Waals surface area (Å²) in [6, 6.07) is 14.7. The largest absolute Gasteiger partial charge is 0.465 e. The average Bonchev–Trinajstić information content (AvgIpc) is 3.06. The first-order chi connectivity index (χ1) is 15.3. The summed E-state index contributed by atoms with van der Waals surface area (Å²) < 4.78 is 6.89. The van der Waals surface area contributed by atoms with Crippen LogP contribution in [0.1, 0.15) is 45.4 Å². The van der Waals surface area contributed by atoms with Gasteiger partial charge in [0, 0.05) is 28.3 Å². The van der Waals surface area contributed by atoms with E-state index in [1.54, 1.807) is 12.3 Å². The van der Waals surface area contributed by atoms with Gasteiger partial charge in [0.05, 0.1) is 18.9 Å². The maximum Gasteiger partial charge on any atom is 0.339 e. The predicted molar refractivity (Wildman–Crippen MR) is 127 cm³/mol. The molecule has 0 radical (unpaired) electrons. The molecule has 7 nitrogen and oxygen atoms in total. The summed E-state index contributed by atoms with van der Waals surface area (Å²) in [4.78, 5) is 24.0. The van der Waals surface area contributed by atoms with E-state index in [0.717, 1.165) is 45.9 Å². The van der Waals surface area contributed by atoms with E-state index in [9.17, 15) is 9.59 Å². The quantitative estimate of drug-likeness (QED) is 0.330. The monoisotopic (exact) mass is 432 g/mol. The summed E-state index contributed by atoms with van der Waals surface area (Å²) in [6.45, 7) is 7.98. The van der Waals surface area contributed by atoms with Crippen molar-refractivity contribution in [2.75, 3.05) is 12.4 Å². The number of aryl methyl sites for hydroxylation is 3. The van der Waals surface area contributed by atoms with Gasteiger partial charge in [-0.2, -0.15) is 5.10 Å². The Morgan fingerprint density at radius 2 is 1.84 bits per heavy atom. The number of hydrogen-bond acceptors (Lipinski definition) is 4. The number of methoxy groups -OCH3 is 1. The van der Waals surface area contributed by atoms with Crippen LogP contribution in [0.2, 0.25) is 0 Å². The van der Waals surface area contributed by atoms with Gasteiger partial charge in [-0.1, -0.05) is 25.1 Å². The zero-order chi connectivity index (χ0) is 23.3. The second kappa shape index (κ2) is 9.96. The van der Waals surface area contributed by atoms with E-state index < -0.39 is 6.03 Å². The standard InChI is InChI=1S/C25H28N4O3/c1-6-19-9-7-8-10-22(19)27-25(31)28-26-15-21-14-17(3)29(18(21)4)23-12-11-20(13-16(23)2)24(30)32-5/h7-15H,6H2,1-5H3,(H2,27,28,31)/b26-15+. The second-order valence-corrected chi connectivity index (χ2v) is 7.49. The second-order valence-electron chi connectivity index (χ2n) is 7.49. The highest BCUT2D eigenvalue weighted by Gasteiger charge is 2.14. The molecule has 2 N–H and O–H groups in total. The van der Waals surface area contributed by atoms with Crippen molar-refractivity contribution < 1.29 is 14.3 Å². The van der Waals surface area contributed by atoms with Crippen molar-refractivity contribution >= 4 is 23.9 Å². The van der Waals surface area contributed by atoms with Gasteiger partial charge in [0.15, 0.2) is 0 Å². The van der Waals surface area contributed by atoms with Gasteiger partial charge in [-0.3, -0.25) is 0 Å². The Kier molecular flexibility index (Phi) is 7.10. The van der Waals surface area contributed by atoms with E-state index in [-0.39, 0.29) is 5.97 Å². The fourth-order valence-electron chi connectivity index (χ4n) is 3.70. The predicted octanol–water partition coefficient (Wildman–Crippen LogP) is 4.91. The van der Waals surface area contributed by atoms with Crippen molar-refractivity contribution in [2.24, 2.45) is 5.10 Å². The summed E-state index contributed by atoms with van der Waals surface area (Å²) in [5, 5.41) is 6.94. The zero-order valence-electron chi connectivity index (χ0n) is 19.0. The van der Waals surface area contributed by atoms with Crippen molar-refractivity contribution in [2.45, 2.75) is 34.1 Å². The molecule has 1 aromatic heterocycles. The average molecular weight is 433 g/mol. The molecule has 0 saturated heterocycles. The van der Waals surface area contributed by atoms with Crippen molar-refractivity contribution in [3.8, 4) is 5.69 Å². The third-order valence-corrected chi connectivity index (χ3v) is 5.35. The maximum atomic E-state index is 12.2. The number of esters is 1. The van der Waals surface area contributed by atoms with E-state index in [1.165, 1.54) is 7.11 Å². The summed E-state index contributed by atoms with van der Waals surface area (Å²) in [5.74, 6) is -0.362. The van der Waals surface area contributed by atoms with Crippen LogP contribution in [0, 0.1) is 20.8 Å². The molecule has 0 aliphatic rings. The van der Waals surface area contributed by atoms with Gasteiger partial charge in [0.25, 0.3) is 0 Å². The first kappa shape index (κ1) is 22.8. The Hall–Kier alpha value is -3.87. The molecule has 0 atom stereocenters. The number of nitrogens with one attached hydrogen (secondary N) is 2. The first-order valence-corrected chi connectivity index (χ1v) is 10.4. The molecule has 0 aliphatic carbocycles. The van der Waals surface area contributed by atoms with Crippen molar-refractivity contribution in [1.29, 1.82) is 0 Å².